The Morgan fingerprint density at radius 2 is 1.95 bits per heavy atom. The van der Waals surface area contributed by atoms with E-state index in [1.54, 1.807) is 12.1 Å². The third kappa shape index (κ3) is 4.77. The molecule has 1 atom stereocenters. The standard InChI is InChI=1S/C16H18ClN3O/c1-11(18)13-3-2-4-15(9-13)20-16(21)19-10-12-5-7-14(17)8-6-12/h2-9,11H,10,18H2,1H3,(H2,19,20,21). The molecule has 5 heteroatoms. The van der Waals surface area contributed by atoms with E-state index in [4.69, 9.17) is 17.3 Å². The first-order valence-corrected chi connectivity index (χ1v) is 7.07. The molecule has 0 aromatic heterocycles. The summed E-state index contributed by atoms with van der Waals surface area (Å²) in [4.78, 5) is 11.9. The van der Waals surface area contributed by atoms with Gasteiger partial charge in [0.2, 0.25) is 0 Å². The summed E-state index contributed by atoms with van der Waals surface area (Å²) >= 11 is 5.81. The van der Waals surface area contributed by atoms with Crippen LogP contribution in [0, 0.1) is 0 Å². The van der Waals surface area contributed by atoms with Gasteiger partial charge in [0.05, 0.1) is 0 Å². The van der Waals surface area contributed by atoms with Crippen LogP contribution in [-0.4, -0.2) is 6.03 Å². The SMILES string of the molecule is CC(N)c1cccc(NC(=O)NCc2ccc(Cl)cc2)c1. The second-order valence-corrected chi connectivity index (χ2v) is 5.28. The molecule has 0 aliphatic rings. The van der Waals surface area contributed by atoms with E-state index in [1.807, 2.05) is 43.3 Å². The number of amides is 2. The molecule has 0 heterocycles. The fraction of sp³-hybridized carbons (Fsp3) is 0.188. The Labute approximate surface area is 129 Å². The average Bonchev–Trinajstić information content (AvgIpc) is 2.47. The molecule has 4 nitrogen and oxygen atoms in total. The van der Waals surface area contributed by atoms with Crippen molar-refractivity contribution in [1.82, 2.24) is 5.32 Å². The van der Waals surface area contributed by atoms with E-state index in [2.05, 4.69) is 10.6 Å². The van der Waals surface area contributed by atoms with Gasteiger partial charge in [0.15, 0.2) is 0 Å². The second-order valence-electron chi connectivity index (χ2n) is 4.85. The number of hydrogen-bond donors (Lipinski definition) is 3. The van der Waals surface area contributed by atoms with Gasteiger partial charge in [-0.3, -0.25) is 0 Å². The number of anilines is 1. The Balaban J connectivity index is 1.89. The largest absolute Gasteiger partial charge is 0.334 e. The Morgan fingerprint density at radius 1 is 1.24 bits per heavy atom. The molecule has 4 N–H and O–H groups in total. The fourth-order valence-electron chi connectivity index (χ4n) is 1.86. The van der Waals surface area contributed by atoms with E-state index in [9.17, 15) is 4.79 Å². The maximum atomic E-state index is 11.9. The predicted molar refractivity (Wildman–Crippen MR) is 86.4 cm³/mol. The highest BCUT2D eigenvalue weighted by Crippen LogP contribution is 2.15. The molecule has 0 saturated carbocycles. The fourth-order valence-corrected chi connectivity index (χ4v) is 1.99. The number of benzene rings is 2. The van der Waals surface area contributed by atoms with Crippen LogP contribution in [0.3, 0.4) is 0 Å². The number of nitrogens with two attached hydrogens (primary N) is 1. The zero-order valence-electron chi connectivity index (χ0n) is 11.8. The highest BCUT2D eigenvalue weighted by Gasteiger charge is 2.04. The lowest BCUT2D eigenvalue weighted by atomic mass is 10.1. The Kier molecular flexibility index (Phi) is 5.20. The quantitative estimate of drug-likeness (QED) is 0.806. The van der Waals surface area contributed by atoms with Crippen LogP contribution in [0.15, 0.2) is 48.5 Å². The van der Waals surface area contributed by atoms with E-state index in [1.165, 1.54) is 0 Å². The maximum absolute atomic E-state index is 11.9. The highest BCUT2D eigenvalue weighted by molar-refractivity contribution is 6.30. The van der Waals surface area contributed by atoms with Crippen LogP contribution < -0.4 is 16.4 Å². The van der Waals surface area contributed by atoms with Crippen molar-refractivity contribution in [2.45, 2.75) is 19.5 Å². The van der Waals surface area contributed by atoms with E-state index in [-0.39, 0.29) is 12.1 Å². The summed E-state index contributed by atoms with van der Waals surface area (Å²) < 4.78 is 0. The van der Waals surface area contributed by atoms with Crippen molar-refractivity contribution in [1.29, 1.82) is 0 Å². The molecular weight excluding hydrogens is 286 g/mol. The van der Waals surface area contributed by atoms with Crippen LogP contribution in [0.25, 0.3) is 0 Å². The van der Waals surface area contributed by atoms with E-state index >= 15 is 0 Å². The molecule has 2 amide bonds. The average molecular weight is 304 g/mol. The van der Waals surface area contributed by atoms with Gasteiger partial charge in [-0.1, -0.05) is 35.9 Å². The molecule has 0 radical (unpaired) electrons. The van der Waals surface area contributed by atoms with Gasteiger partial charge in [-0.15, -0.1) is 0 Å². The van der Waals surface area contributed by atoms with E-state index in [0.29, 0.717) is 11.6 Å². The number of rotatable bonds is 4. The lowest BCUT2D eigenvalue weighted by Gasteiger charge is -2.10. The van der Waals surface area contributed by atoms with Crippen molar-refractivity contribution in [2.75, 3.05) is 5.32 Å². The summed E-state index contributed by atoms with van der Waals surface area (Å²) in [7, 11) is 0. The third-order valence-electron chi connectivity index (χ3n) is 3.04. The van der Waals surface area contributed by atoms with Gasteiger partial charge < -0.3 is 16.4 Å². The monoisotopic (exact) mass is 303 g/mol. The van der Waals surface area contributed by atoms with Crippen LogP contribution >= 0.6 is 11.6 Å². The lowest BCUT2D eigenvalue weighted by molar-refractivity contribution is 0.251. The van der Waals surface area contributed by atoms with Crippen LogP contribution in [0.1, 0.15) is 24.1 Å². The van der Waals surface area contributed by atoms with Gasteiger partial charge >= 0.3 is 6.03 Å². The van der Waals surface area contributed by atoms with Crippen molar-refractivity contribution in [3.8, 4) is 0 Å². The van der Waals surface area contributed by atoms with Gasteiger partial charge in [0.25, 0.3) is 0 Å². The Morgan fingerprint density at radius 3 is 2.62 bits per heavy atom. The molecule has 21 heavy (non-hydrogen) atoms. The van der Waals surface area contributed by atoms with E-state index < -0.39 is 0 Å². The van der Waals surface area contributed by atoms with Gasteiger partial charge in [-0.05, 0) is 42.3 Å². The van der Waals surface area contributed by atoms with Gasteiger partial charge in [-0.25, -0.2) is 4.79 Å². The van der Waals surface area contributed by atoms with Crippen molar-refractivity contribution in [2.24, 2.45) is 5.73 Å². The van der Waals surface area contributed by atoms with Crippen LogP contribution in [-0.2, 0) is 6.54 Å². The first-order valence-electron chi connectivity index (χ1n) is 6.69. The Hall–Kier alpha value is -2.04. The third-order valence-corrected chi connectivity index (χ3v) is 3.29. The molecule has 0 fully saturated rings. The summed E-state index contributed by atoms with van der Waals surface area (Å²) in [6, 6.07) is 14.5. The topological polar surface area (TPSA) is 67.1 Å². The number of halogens is 1. The number of carbonyl (C=O) groups is 1. The molecule has 2 aromatic carbocycles. The van der Waals surface area contributed by atoms with Crippen molar-refractivity contribution >= 4 is 23.3 Å². The molecule has 0 bridgehead atoms. The zero-order chi connectivity index (χ0) is 15.2. The lowest BCUT2D eigenvalue weighted by Crippen LogP contribution is -2.28. The van der Waals surface area contributed by atoms with Gasteiger partial charge in [0.1, 0.15) is 0 Å². The summed E-state index contributed by atoms with van der Waals surface area (Å²) in [5.74, 6) is 0. The normalized spacial score (nSPS) is 11.8. The molecule has 0 saturated heterocycles. The minimum atomic E-state index is -0.258. The van der Waals surface area contributed by atoms with Gasteiger partial charge in [-0.2, -0.15) is 0 Å². The zero-order valence-corrected chi connectivity index (χ0v) is 12.5. The molecule has 0 spiro atoms. The summed E-state index contributed by atoms with van der Waals surface area (Å²) in [5, 5.41) is 6.26. The molecule has 1 unspecified atom stereocenters. The molecule has 110 valence electrons. The maximum Gasteiger partial charge on any atom is 0.319 e. The van der Waals surface area contributed by atoms with Crippen molar-refractivity contribution in [3.63, 3.8) is 0 Å². The second kappa shape index (κ2) is 7.11. The summed E-state index contributed by atoms with van der Waals surface area (Å²) in [6.07, 6.45) is 0. The summed E-state index contributed by atoms with van der Waals surface area (Å²) in [5.41, 5.74) is 8.50. The minimum absolute atomic E-state index is 0.0659. The van der Waals surface area contributed by atoms with E-state index in [0.717, 1.165) is 16.8 Å². The molecule has 0 aliphatic carbocycles. The smallest absolute Gasteiger partial charge is 0.319 e. The first-order chi connectivity index (χ1) is 10.0. The molecule has 0 aliphatic heterocycles. The highest BCUT2D eigenvalue weighted by atomic mass is 35.5. The summed E-state index contributed by atoms with van der Waals surface area (Å²) in [6.45, 7) is 2.34. The number of urea groups is 1. The van der Waals surface area contributed by atoms with Crippen LogP contribution in [0.2, 0.25) is 5.02 Å². The molecular formula is C16H18ClN3O. The first kappa shape index (κ1) is 15.4. The van der Waals surface area contributed by atoms with Crippen LogP contribution in [0.5, 0.6) is 0 Å². The minimum Gasteiger partial charge on any atom is -0.334 e. The van der Waals surface area contributed by atoms with Crippen molar-refractivity contribution in [3.05, 3.63) is 64.7 Å². The molecule has 2 rings (SSSR count). The number of hydrogen-bond acceptors (Lipinski definition) is 2. The Bertz CT molecular complexity index is 611. The number of nitrogens with one attached hydrogen (secondary N) is 2. The predicted octanol–water partition coefficient (Wildman–Crippen LogP) is 3.68. The number of carbonyl (C=O) groups excluding carboxylic acids is 1. The molecule has 2 aromatic rings. The van der Waals surface area contributed by atoms with Crippen LogP contribution in [0.4, 0.5) is 10.5 Å². The van der Waals surface area contributed by atoms with Gasteiger partial charge in [0, 0.05) is 23.3 Å². The van der Waals surface area contributed by atoms with Crippen molar-refractivity contribution < 1.29 is 4.79 Å².